The number of benzene rings is 5. The zero-order valence-electron chi connectivity index (χ0n) is 29.8. The largest absolute Gasteiger partial charge is 0.772 e. The molecule has 5 aromatic carbocycles. The number of rotatable bonds is 12. The summed E-state index contributed by atoms with van der Waals surface area (Å²) in [5, 5.41) is 3.16. The van der Waals surface area contributed by atoms with E-state index < -0.39 is 17.0 Å². The van der Waals surface area contributed by atoms with Crippen LogP contribution in [0.1, 0.15) is 83.3 Å². The number of Topliss-reactive ketones (excluding diaryl/α,β-unsaturated/α-hetero) is 1. The Hall–Kier alpha value is -4.65. The van der Waals surface area contributed by atoms with Crippen molar-refractivity contribution in [1.29, 1.82) is 0 Å². The molecule has 0 saturated heterocycles. The van der Waals surface area contributed by atoms with E-state index in [1.807, 2.05) is 36.4 Å². The fraction of sp³-hybridized carbons (Fsp3) is 0.273. The molecule has 0 heterocycles. The Morgan fingerprint density at radius 1 is 0.740 bits per heavy atom. The van der Waals surface area contributed by atoms with E-state index in [0.717, 1.165) is 33.5 Å². The van der Waals surface area contributed by atoms with Gasteiger partial charge in [0.1, 0.15) is 0 Å². The number of amides is 1. The highest BCUT2D eigenvalue weighted by molar-refractivity contribution is 7.79. The fourth-order valence-electron chi connectivity index (χ4n) is 6.57. The maximum absolute atomic E-state index is 14.0. The van der Waals surface area contributed by atoms with Crippen molar-refractivity contribution in [3.8, 4) is 22.3 Å². The first-order chi connectivity index (χ1) is 23.8. The number of anilines is 1. The first-order valence-electron chi connectivity index (χ1n) is 17.2. The molecule has 0 radical (unpaired) electrons. The number of ketones is 1. The van der Waals surface area contributed by atoms with Gasteiger partial charge in [-0.15, -0.1) is 0 Å². The smallest absolute Gasteiger partial charge is 0.232 e. The predicted octanol–water partition coefficient (Wildman–Crippen LogP) is 10.1. The molecule has 0 fully saturated rings. The van der Waals surface area contributed by atoms with Crippen molar-refractivity contribution in [2.75, 3.05) is 11.1 Å². The van der Waals surface area contributed by atoms with E-state index in [0.29, 0.717) is 18.4 Å². The van der Waals surface area contributed by atoms with E-state index >= 15 is 0 Å². The third-order valence-corrected chi connectivity index (χ3v) is 9.88. The molecule has 0 saturated carbocycles. The third-order valence-electron chi connectivity index (χ3n) is 9.26. The number of nitrogens with one attached hydrogen (secondary N) is 1. The molecule has 1 amide bonds. The van der Waals surface area contributed by atoms with Crippen molar-refractivity contribution in [3.63, 3.8) is 0 Å². The summed E-state index contributed by atoms with van der Waals surface area (Å²) < 4.78 is 21.7. The summed E-state index contributed by atoms with van der Waals surface area (Å²) in [6, 6.07) is 36.5. The molecule has 5 aromatic rings. The summed E-state index contributed by atoms with van der Waals surface area (Å²) in [7, 11) is 0. The van der Waals surface area contributed by atoms with E-state index in [-0.39, 0.29) is 29.3 Å². The molecule has 0 spiro atoms. The average Bonchev–Trinajstić information content (AvgIpc) is 3.07. The predicted molar refractivity (Wildman–Crippen MR) is 206 cm³/mol. The van der Waals surface area contributed by atoms with Gasteiger partial charge >= 0.3 is 0 Å². The summed E-state index contributed by atoms with van der Waals surface area (Å²) in [5.41, 5.74) is 12.6. The van der Waals surface area contributed by atoms with Gasteiger partial charge in [-0.1, -0.05) is 134 Å². The molecule has 0 aliphatic carbocycles. The second-order valence-corrected chi connectivity index (χ2v) is 15.3. The molecule has 0 bridgehead atoms. The maximum Gasteiger partial charge on any atom is 0.232 e. The molecule has 5 nitrogen and oxygen atoms in total. The van der Waals surface area contributed by atoms with Crippen molar-refractivity contribution < 1.29 is 18.4 Å². The topological polar surface area (TPSA) is 86.3 Å². The quantitative estimate of drug-likeness (QED) is 0.105. The van der Waals surface area contributed by atoms with Crippen LogP contribution in [-0.4, -0.2) is 26.2 Å². The van der Waals surface area contributed by atoms with Gasteiger partial charge in [-0.2, -0.15) is 0 Å². The van der Waals surface area contributed by atoms with Crippen molar-refractivity contribution in [2.45, 2.75) is 72.1 Å². The Balaban J connectivity index is 1.38. The SMILES string of the molecule is Cc1cc(C)c(-c2ccc(NC(=O)[C@H](Cc3ccc(C(=O)CCCS(=O)[O-])cc3)c3ccc(-c4ccc(C(C)(C)C)cc4)cc3)cc2)c(C)c1. The van der Waals surface area contributed by atoms with E-state index in [2.05, 4.69) is 108 Å². The van der Waals surface area contributed by atoms with E-state index in [4.69, 9.17) is 0 Å². The van der Waals surface area contributed by atoms with Crippen LogP contribution in [0.5, 0.6) is 0 Å². The van der Waals surface area contributed by atoms with E-state index in [9.17, 15) is 18.4 Å². The molecular weight excluding hydrogens is 639 g/mol. The van der Waals surface area contributed by atoms with Gasteiger partial charge in [0.05, 0.1) is 5.92 Å². The van der Waals surface area contributed by atoms with Gasteiger partial charge in [-0.25, -0.2) is 0 Å². The standard InChI is InChI=1S/C44H47NO4S/c1-29-26-30(2)42(31(3)27-29)37-19-23-39(24-20-37)45-43(47)40(28-32-9-11-36(12-10-32)41(46)8-7-25-50(48)49)35-15-13-33(14-16-35)34-17-21-38(22-18-34)44(4,5)6/h9-24,26-27,40H,7-8,25,28H2,1-6H3,(H,45,47)(H,48,49)/p-1/t40-/m1/s1. The molecule has 258 valence electrons. The summed E-state index contributed by atoms with van der Waals surface area (Å²) >= 11 is -2.16. The van der Waals surface area contributed by atoms with Crippen molar-refractivity contribution in [2.24, 2.45) is 0 Å². The normalized spacial score (nSPS) is 12.7. The second kappa shape index (κ2) is 15.9. The van der Waals surface area contributed by atoms with Crippen LogP contribution >= 0.6 is 0 Å². The Morgan fingerprint density at radius 3 is 1.82 bits per heavy atom. The summed E-state index contributed by atoms with van der Waals surface area (Å²) in [6.45, 7) is 13.0. The average molecular weight is 685 g/mol. The first kappa shape index (κ1) is 36.6. The molecule has 6 heteroatoms. The minimum atomic E-state index is -2.16. The van der Waals surface area contributed by atoms with Gasteiger partial charge in [0.15, 0.2) is 5.78 Å². The zero-order chi connectivity index (χ0) is 36.0. The second-order valence-electron chi connectivity index (χ2n) is 14.3. The molecule has 5 rings (SSSR count). The summed E-state index contributed by atoms with van der Waals surface area (Å²) in [5.74, 6) is -0.729. The monoisotopic (exact) mass is 684 g/mol. The lowest BCUT2D eigenvalue weighted by molar-refractivity contribution is -0.117. The minimum Gasteiger partial charge on any atom is -0.772 e. The highest BCUT2D eigenvalue weighted by atomic mass is 32.2. The Kier molecular flexibility index (Phi) is 11.7. The Labute approximate surface area is 299 Å². The molecule has 0 aliphatic heterocycles. The lowest BCUT2D eigenvalue weighted by Gasteiger charge is -2.20. The van der Waals surface area contributed by atoms with Crippen LogP contribution in [0.3, 0.4) is 0 Å². The van der Waals surface area contributed by atoms with Crippen LogP contribution in [0.15, 0.2) is 109 Å². The van der Waals surface area contributed by atoms with Gasteiger partial charge in [-0.05, 0) is 101 Å². The highest BCUT2D eigenvalue weighted by Crippen LogP contribution is 2.32. The fourth-order valence-corrected chi connectivity index (χ4v) is 6.95. The summed E-state index contributed by atoms with van der Waals surface area (Å²) in [4.78, 5) is 26.6. The van der Waals surface area contributed by atoms with Gasteiger partial charge in [-0.3, -0.25) is 13.8 Å². The van der Waals surface area contributed by atoms with E-state index in [1.165, 1.54) is 27.8 Å². The maximum atomic E-state index is 14.0. The number of hydrogen-bond acceptors (Lipinski definition) is 4. The van der Waals surface area contributed by atoms with Gasteiger partial charge in [0.2, 0.25) is 5.91 Å². The number of carbonyl (C=O) groups excluding carboxylic acids is 2. The van der Waals surface area contributed by atoms with Crippen molar-refractivity contribution >= 4 is 28.5 Å². The van der Waals surface area contributed by atoms with Crippen LogP contribution in [0.4, 0.5) is 5.69 Å². The van der Waals surface area contributed by atoms with Crippen LogP contribution in [0, 0.1) is 20.8 Å². The Morgan fingerprint density at radius 2 is 1.28 bits per heavy atom. The number of carbonyl (C=O) groups is 2. The molecule has 0 aliphatic rings. The Bertz CT molecular complexity index is 1950. The molecule has 2 atom stereocenters. The lowest BCUT2D eigenvalue weighted by atomic mass is 9.86. The van der Waals surface area contributed by atoms with Crippen LogP contribution in [-0.2, 0) is 27.7 Å². The highest BCUT2D eigenvalue weighted by Gasteiger charge is 2.22. The van der Waals surface area contributed by atoms with Gasteiger partial charge < -0.3 is 9.87 Å². The molecule has 1 unspecified atom stereocenters. The zero-order valence-corrected chi connectivity index (χ0v) is 30.7. The first-order valence-corrected chi connectivity index (χ1v) is 18.4. The summed E-state index contributed by atoms with van der Waals surface area (Å²) in [6.07, 6.45) is 0.904. The van der Waals surface area contributed by atoms with Crippen LogP contribution in [0.25, 0.3) is 22.3 Å². The van der Waals surface area contributed by atoms with Crippen molar-refractivity contribution in [1.82, 2.24) is 0 Å². The molecule has 1 N–H and O–H groups in total. The molecule has 50 heavy (non-hydrogen) atoms. The third kappa shape index (κ3) is 9.32. The van der Waals surface area contributed by atoms with E-state index in [1.54, 1.807) is 12.1 Å². The van der Waals surface area contributed by atoms with Gasteiger partial charge in [0.25, 0.3) is 0 Å². The molecule has 0 aromatic heterocycles. The van der Waals surface area contributed by atoms with Crippen molar-refractivity contribution in [3.05, 3.63) is 148 Å². The lowest BCUT2D eigenvalue weighted by Crippen LogP contribution is -2.23. The van der Waals surface area contributed by atoms with Gasteiger partial charge in [0, 0.05) is 23.4 Å². The minimum absolute atomic E-state index is 0.0321. The number of hydrogen-bond donors (Lipinski definition) is 1. The number of aryl methyl sites for hydroxylation is 3. The molecular formula is C44H46NO4S-. The van der Waals surface area contributed by atoms with Crippen LogP contribution in [0.2, 0.25) is 0 Å². The van der Waals surface area contributed by atoms with Crippen LogP contribution < -0.4 is 5.32 Å².